The zero-order chi connectivity index (χ0) is 17.8. The Morgan fingerprint density at radius 2 is 1.68 bits per heavy atom. The predicted molar refractivity (Wildman–Crippen MR) is 95.0 cm³/mol. The molecule has 0 spiro atoms. The molecule has 0 saturated heterocycles. The van der Waals surface area contributed by atoms with E-state index in [1.807, 2.05) is 0 Å². The van der Waals surface area contributed by atoms with Crippen LogP contribution in [0, 0.1) is 11.6 Å². The molecule has 0 heterocycles. The van der Waals surface area contributed by atoms with Gasteiger partial charge in [0.05, 0.1) is 11.3 Å². The Balaban J connectivity index is 1.84. The molecule has 0 bridgehead atoms. The van der Waals surface area contributed by atoms with Gasteiger partial charge in [-0.05, 0) is 58.4 Å². The van der Waals surface area contributed by atoms with Crippen molar-refractivity contribution in [2.75, 3.05) is 5.32 Å². The van der Waals surface area contributed by atoms with Crippen molar-refractivity contribution in [1.82, 2.24) is 0 Å². The fourth-order valence-corrected chi connectivity index (χ4v) is 2.71. The molecule has 0 radical (unpaired) electrons. The van der Waals surface area contributed by atoms with E-state index in [-0.39, 0.29) is 5.56 Å². The number of anilines is 1. The number of amides is 1. The molecule has 0 aromatic heterocycles. The van der Waals surface area contributed by atoms with Crippen molar-refractivity contribution in [3.05, 3.63) is 88.4 Å². The number of ether oxygens (including phenoxy) is 1. The van der Waals surface area contributed by atoms with Gasteiger partial charge in [-0.15, -0.1) is 0 Å². The van der Waals surface area contributed by atoms with Crippen LogP contribution < -0.4 is 10.1 Å². The highest BCUT2D eigenvalue weighted by Gasteiger charge is 2.14. The minimum Gasteiger partial charge on any atom is -0.455 e. The third kappa shape index (κ3) is 4.22. The smallest absolute Gasteiger partial charge is 0.256 e. The summed E-state index contributed by atoms with van der Waals surface area (Å²) >= 11 is 3.17. The second kappa shape index (κ2) is 7.44. The summed E-state index contributed by atoms with van der Waals surface area (Å²) in [7, 11) is 0. The molecule has 0 saturated carbocycles. The van der Waals surface area contributed by atoms with Crippen LogP contribution in [0.15, 0.2) is 71.2 Å². The largest absolute Gasteiger partial charge is 0.455 e. The maximum absolute atomic E-state index is 13.3. The van der Waals surface area contributed by atoms with Crippen LogP contribution in [0.25, 0.3) is 0 Å². The summed E-state index contributed by atoms with van der Waals surface area (Å²) in [5, 5.41) is 2.71. The molecule has 3 aromatic rings. The quantitative estimate of drug-likeness (QED) is 0.600. The zero-order valence-corrected chi connectivity index (χ0v) is 14.4. The van der Waals surface area contributed by atoms with Crippen LogP contribution in [0.1, 0.15) is 10.4 Å². The number of para-hydroxylation sites is 2. The second-order valence-corrected chi connectivity index (χ2v) is 5.99. The molecule has 0 unspecified atom stereocenters. The minimum atomic E-state index is -0.446. The van der Waals surface area contributed by atoms with Crippen molar-refractivity contribution in [3.63, 3.8) is 0 Å². The number of hydrogen-bond acceptors (Lipinski definition) is 2. The predicted octanol–water partition coefficient (Wildman–Crippen LogP) is 5.77. The lowest BCUT2D eigenvalue weighted by Gasteiger charge is -2.13. The number of benzene rings is 3. The first-order valence-electron chi connectivity index (χ1n) is 7.32. The Morgan fingerprint density at radius 3 is 2.44 bits per heavy atom. The molecular formula is C19H12BrF2NO2. The normalized spacial score (nSPS) is 10.4. The van der Waals surface area contributed by atoms with E-state index in [4.69, 9.17) is 4.74 Å². The van der Waals surface area contributed by atoms with Crippen molar-refractivity contribution in [2.24, 2.45) is 0 Å². The van der Waals surface area contributed by atoms with Crippen LogP contribution >= 0.6 is 15.9 Å². The Hall–Kier alpha value is -2.73. The number of rotatable bonds is 4. The van der Waals surface area contributed by atoms with E-state index < -0.39 is 17.5 Å². The van der Waals surface area contributed by atoms with E-state index in [1.54, 1.807) is 30.3 Å². The summed E-state index contributed by atoms with van der Waals surface area (Å²) in [5.41, 5.74) is 0.690. The lowest BCUT2D eigenvalue weighted by molar-refractivity contribution is 0.102. The van der Waals surface area contributed by atoms with Gasteiger partial charge in [0.1, 0.15) is 17.4 Å². The number of hydrogen-bond donors (Lipinski definition) is 1. The molecule has 3 nitrogen and oxygen atoms in total. The molecule has 1 N–H and O–H groups in total. The third-order valence-corrected chi connectivity index (χ3v) is 3.99. The van der Waals surface area contributed by atoms with Crippen LogP contribution in [0.3, 0.4) is 0 Å². The highest BCUT2D eigenvalue weighted by atomic mass is 79.9. The van der Waals surface area contributed by atoms with Crippen molar-refractivity contribution in [3.8, 4) is 11.5 Å². The monoisotopic (exact) mass is 403 g/mol. The lowest BCUT2D eigenvalue weighted by atomic mass is 10.2. The van der Waals surface area contributed by atoms with Gasteiger partial charge in [-0.2, -0.15) is 0 Å². The van der Waals surface area contributed by atoms with Crippen molar-refractivity contribution >= 4 is 27.5 Å². The fourth-order valence-electron chi connectivity index (χ4n) is 2.18. The van der Waals surface area contributed by atoms with E-state index in [1.165, 1.54) is 36.4 Å². The third-order valence-electron chi connectivity index (χ3n) is 3.33. The topological polar surface area (TPSA) is 38.3 Å². The summed E-state index contributed by atoms with van der Waals surface area (Å²) in [6.45, 7) is 0. The Bertz CT molecular complexity index is 931. The molecule has 25 heavy (non-hydrogen) atoms. The molecule has 0 aliphatic heterocycles. The Kier molecular flexibility index (Phi) is 5.09. The molecule has 6 heteroatoms. The maximum Gasteiger partial charge on any atom is 0.256 e. The maximum atomic E-state index is 13.3. The van der Waals surface area contributed by atoms with Crippen LogP contribution in [0.2, 0.25) is 0 Å². The molecule has 0 fully saturated rings. The standard InChI is InChI=1S/C19H12BrF2NO2/c20-16-11-13(22)8-9-15(16)19(24)23-17-6-1-2-7-18(17)25-14-5-3-4-12(21)10-14/h1-11H,(H,23,24). The summed E-state index contributed by atoms with van der Waals surface area (Å²) in [5.74, 6) is -0.626. The van der Waals surface area contributed by atoms with E-state index in [2.05, 4.69) is 21.2 Å². The number of carbonyl (C=O) groups is 1. The van der Waals surface area contributed by atoms with E-state index >= 15 is 0 Å². The molecule has 1 amide bonds. The number of carbonyl (C=O) groups excluding carboxylic acids is 1. The van der Waals surface area contributed by atoms with Gasteiger partial charge in [-0.1, -0.05) is 18.2 Å². The van der Waals surface area contributed by atoms with E-state index in [0.29, 0.717) is 21.7 Å². The first-order chi connectivity index (χ1) is 12.0. The Morgan fingerprint density at radius 1 is 0.920 bits per heavy atom. The summed E-state index contributed by atoms with van der Waals surface area (Å²) < 4.78 is 32.4. The highest BCUT2D eigenvalue weighted by molar-refractivity contribution is 9.10. The number of halogens is 3. The van der Waals surface area contributed by atoms with Gasteiger partial charge in [0.25, 0.3) is 5.91 Å². The first-order valence-corrected chi connectivity index (χ1v) is 8.11. The van der Waals surface area contributed by atoms with Crippen LogP contribution in [-0.2, 0) is 0 Å². The van der Waals surface area contributed by atoms with Gasteiger partial charge in [0.2, 0.25) is 0 Å². The van der Waals surface area contributed by atoms with Crippen LogP contribution in [0.4, 0.5) is 14.5 Å². The molecule has 3 rings (SSSR count). The summed E-state index contributed by atoms with van der Waals surface area (Å²) in [4.78, 5) is 12.4. The summed E-state index contributed by atoms with van der Waals surface area (Å²) in [6.07, 6.45) is 0. The van der Waals surface area contributed by atoms with Crippen molar-refractivity contribution < 1.29 is 18.3 Å². The second-order valence-electron chi connectivity index (χ2n) is 5.13. The van der Waals surface area contributed by atoms with Gasteiger partial charge >= 0.3 is 0 Å². The highest BCUT2D eigenvalue weighted by Crippen LogP contribution is 2.30. The van der Waals surface area contributed by atoms with Gasteiger partial charge in [-0.3, -0.25) is 4.79 Å². The lowest BCUT2D eigenvalue weighted by Crippen LogP contribution is -2.13. The SMILES string of the molecule is O=C(Nc1ccccc1Oc1cccc(F)c1)c1ccc(F)cc1Br. The molecule has 3 aromatic carbocycles. The van der Waals surface area contributed by atoms with E-state index in [0.717, 1.165) is 0 Å². The van der Waals surface area contributed by atoms with E-state index in [9.17, 15) is 13.6 Å². The molecular weight excluding hydrogens is 392 g/mol. The zero-order valence-electron chi connectivity index (χ0n) is 12.8. The Labute approximate surface area is 151 Å². The molecule has 126 valence electrons. The van der Waals surface area contributed by atoms with Crippen molar-refractivity contribution in [2.45, 2.75) is 0 Å². The fraction of sp³-hybridized carbons (Fsp3) is 0. The van der Waals surface area contributed by atoms with Gasteiger partial charge in [-0.25, -0.2) is 8.78 Å². The molecule has 0 aliphatic carbocycles. The number of nitrogens with one attached hydrogen (secondary N) is 1. The first kappa shape index (κ1) is 17.1. The average molecular weight is 404 g/mol. The average Bonchev–Trinajstić information content (AvgIpc) is 2.56. The van der Waals surface area contributed by atoms with Crippen LogP contribution in [-0.4, -0.2) is 5.91 Å². The molecule has 0 aliphatic rings. The minimum absolute atomic E-state index is 0.280. The molecule has 0 atom stereocenters. The van der Waals surface area contributed by atoms with Gasteiger partial charge < -0.3 is 10.1 Å². The van der Waals surface area contributed by atoms with Crippen molar-refractivity contribution in [1.29, 1.82) is 0 Å². The van der Waals surface area contributed by atoms with Gasteiger partial charge in [0.15, 0.2) is 5.75 Å². The summed E-state index contributed by atoms with van der Waals surface area (Å²) in [6, 6.07) is 16.3. The van der Waals surface area contributed by atoms with Crippen LogP contribution in [0.5, 0.6) is 11.5 Å². The van der Waals surface area contributed by atoms with Gasteiger partial charge in [0, 0.05) is 10.5 Å².